The zero-order valence-electron chi connectivity index (χ0n) is 12.9. The van der Waals surface area contributed by atoms with Crippen LogP contribution in [0.4, 0.5) is 4.79 Å². The molecular formula is C17H18N2O5. The Bertz CT molecular complexity index is 702. The largest absolute Gasteiger partial charge is 0.509 e. The van der Waals surface area contributed by atoms with E-state index in [9.17, 15) is 14.4 Å². The molecule has 2 aliphatic carbocycles. The summed E-state index contributed by atoms with van der Waals surface area (Å²) in [5.41, 5.74) is 9.90. The Hall–Kier alpha value is -2.83. The highest BCUT2D eigenvalue weighted by atomic mass is 16.7. The predicted molar refractivity (Wildman–Crippen MR) is 83.1 cm³/mol. The van der Waals surface area contributed by atoms with Crippen molar-refractivity contribution in [2.24, 2.45) is 29.2 Å². The van der Waals surface area contributed by atoms with Crippen LogP contribution >= 0.6 is 0 Å². The van der Waals surface area contributed by atoms with Crippen molar-refractivity contribution < 1.29 is 23.9 Å². The van der Waals surface area contributed by atoms with E-state index in [0.717, 1.165) is 5.56 Å². The molecule has 1 aromatic carbocycles. The fourth-order valence-corrected chi connectivity index (χ4v) is 3.67. The molecule has 0 radical (unpaired) electrons. The van der Waals surface area contributed by atoms with Crippen molar-refractivity contribution in [3.63, 3.8) is 0 Å². The number of hydrogen-bond acceptors (Lipinski definition) is 5. The Labute approximate surface area is 138 Å². The molecule has 0 aromatic heterocycles. The van der Waals surface area contributed by atoms with E-state index in [1.807, 2.05) is 6.07 Å². The van der Waals surface area contributed by atoms with E-state index in [2.05, 4.69) is 0 Å². The molecule has 3 rings (SSSR count). The summed E-state index contributed by atoms with van der Waals surface area (Å²) in [5.74, 6) is -3.32. The number of primary amides is 2. The normalized spacial score (nSPS) is 30.1. The van der Waals surface area contributed by atoms with Gasteiger partial charge in [-0.1, -0.05) is 42.5 Å². The molecule has 4 atom stereocenters. The summed E-state index contributed by atoms with van der Waals surface area (Å²) in [6, 6.07) is 9.01. The number of ether oxygens (including phenoxy) is 2. The molecule has 1 fully saturated rings. The van der Waals surface area contributed by atoms with Crippen LogP contribution in [0.1, 0.15) is 12.0 Å². The molecule has 2 aliphatic rings. The third kappa shape index (κ3) is 2.51. The van der Waals surface area contributed by atoms with E-state index in [-0.39, 0.29) is 12.5 Å². The quantitative estimate of drug-likeness (QED) is 0.613. The summed E-state index contributed by atoms with van der Waals surface area (Å²) in [5, 5.41) is 0. The smallest absolute Gasteiger partial charge is 0.429 e. The van der Waals surface area contributed by atoms with E-state index in [4.69, 9.17) is 20.9 Å². The number of rotatable bonds is 5. The summed E-state index contributed by atoms with van der Waals surface area (Å²) < 4.78 is 10.4. The lowest BCUT2D eigenvalue weighted by Crippen LogP contribution is -2.59. The molecule has 7 heteroatoms. The van der Waals surface area contributed by atoms with Gasteiger partial charge in [-0.2, -0.15) is 0 Å². The second kappa shape index (κ2) is 5.99. The Morgan fingerprint density at radius 3 is 2.46 bits per heavy atom. The maximum atomic E-state index is 12.1. The second-order valence-corrected chi connectivity index (χ2v) is 6.05. The lowest BCUT2D eigenvalue weighted by molar-refractivity contribution is -0.155. The Morgan fingerprint density at radius 2 is 1.83 bits per heavy atom. The molecular weight excluding hydrogens is 312 g/mol. The highest BCUT2D eigenvalue weighted by Crippen LogP contribution is 2.52. The van der Waals surface area contributed by atoms with Gasteiger partial charge in [-0.15, -0.1) is 0 Å². The lowest BCUT2D eigenvalue weighted by Gasteiger charge is -2.36. The molecule has 0 spiro atoms. The molecule has 0 saturated heterocycles. The zero-order valence-corrected chi connectivity index (χ0v) is 12.9. The van der Waals surface area contributed by atoms with Crippen LogP contribution in [0.25, 0.3) is 0 Å². The van der Waals surface area contributed by atoms with Crippen molar-refractivity contribution >= 4 is 18.0 Å². The molecule has 0 heterocycles. The summed E-state index contributed by atoms with van der Waals surface area (Å²) in [4.78, 5) is 36.0. The number of allylic oxidation sites excluding steroid dienone is 1. The van der Waals surface area contributed by atoms with Gasteiger partial charge < -0.3 is 20.9 Å². The number of nitrogens with two attached hydrogens (primary N) is 2. The van der Waals surface area contributed by atoms with Crippen LogP contribution in [0.3, 0.4) is 0 Å². The van der Waals surface area contributed by atoms with Crippen molar-refractivity contribution in [3.05, 3.63) is 48.0 Å². The van der Waals surface area contributed by atoms with E-state index in [1.165, 1.54) is 0 Å². The van der Waals surface area contributed by atoms with Gasteiger partial charge in [-0.25, -0.2) is 4.79 Å². The number of hydrogen-bond donors (Lipinski definition) is 2. The average Bonchev–Trinajstić information content (AvgIpc) is 3.13. The van der Waals surface area contributed by atoms with Crippen molar-refractivity contribution in [1.82, 2.24) is 0 Å². The van der Waals surface area contributed by atoms with E-state index >= 15 is 0 Å². The predicted octanol–water partition coefficient (Wildman–Crippen LogP) is 0.871. The van der Waals surface area contributed by atoms with Crippen LogP contribution in [0.15, 0.2) is 42.5 Å². The van der Waals surface area contributed by atoms with Crippen LogP contribution in [-0.2, 0) is 25.7 Å². The third-order valence-electron chi connectivity index (χ3n) is 4.70. The Balaban J connectivity index is 1.77. The van der Waals surface area contributed by atoms with Crippen molar-refractivity contribution in [2.45, 2.75) is 18.6 Å². The SMILES string of the molecule is NC(=O)C1C2C=CC(C2)C1(OC(=O)OCc1ccccc1)C(N)=O. The first-order chi connectivity index (χ1) is 11.4. The second-order valence-electron chi connectivity index (χ2n) is 6.05. The number of carbonyl (C=O) groups excluding carboxylic acids is 3. The maximum absolute atomic E-state index is 12.1. The van der Waals surface area contributed by atoms with Crippen molar-refractivity contribution in [2.75, 3.05) is 0 Å². The minimum absolute atomic E-state index is 0.0142. The van der Waals surface area contributed by atoms with Crippen LogP contribution in [0, 0.1) is 17.8 Å². The van der Waals surface area contributed by atoms with Gasteiger partial charge in [-0.05, 0) is 17.9 Å². The summed E-state index contributed by atoms with van der Waals surface area (Å²) in [7, 11) is 0. The molecule has 126 valence electrons. The standard InChI is InChI=1S/C17H18N2O5/c18-14(20)13-11-6-7-12(8-11)17(13,15(19)21)24-16(22)23-9-10-4-2-1-3-5-10/h1-7,11-13H,8-9H2,(H2,18,20)(H2,19,21). The minimum Gasteiger partial charge on any atom is -0.429 e. The fourth-order valence-electron chi connectivity index (χ4n) is 3.67. The summed E-state index contributed by atoms with van der Waals surface area (Å²) in [6.07, 6.45) is 2.98. The summed E-state index contributed by atoms with van der Waals surface area (Å²) >= 11 is 0. The van der Waals surface area contributed by atoms with Gasteiger partial charge in [0.2, 0.25) is 11.5 Å². The van der Waals surface area contributed by atoms with Gasteiger partial charge in [-0.3, -0.25) is 9.59 Å². The van der Waals surface area contributed by atoms with E-state index < -0.39 is 35.4 Å². The van der Waals surface area contributed by atoms with Gasteiger partial charge in [0.15, 0.2) is 0 Å². The topological polar surface area (TPSA) is 122 Å². The summed E-state index contributed by atoms with van der Waals surface area (Å²) in [6.45, 7) is -0.0142. The highest BCUT2D eigenvalue weighted by molar-refractivity contribution is 5.95. The molecule has 7 nitrogen and oxygen atoms in total. The van der Waals surface area contributed by atoms with Gasteiger partial charge in [0.1, 0.15) is 6.61 Å². The highest BCUT2D eigenvalue weighted by Gasteiger charge is 2.65. The molecule has 1 aromatic rings. The van der Waals surface area contributed by atoms with Crippen LogP contribution in [0.5, 0.6) is 0 Å². The molecule has 1 saturated carbocycles. The van der Waals surface area contributed by atoms with Gasteiger partial charge in [0.05, 0.1) is 5.92 Å². The molecule has 24 heavy (non-hydrogen) atoms. The third-order valence-corrected chi connectivity index (χ3v) is 4.70. The Kier molecular flexibility index (Phi) is 4.01. The first-order valence-electron chi connectivity index (χ1n) is 7.62. The average molecular weight is 330 g/mol. The number of benzene rings is 1. The first kappa shape index (κ1) is 16.0. The van der Waals surface area contributed by atoms with Crippen molar-refractivity contribution in [3.8, 4) is 0 Å². The monoisotopic (exact) mass is 330 g/mol. The van der Waals surface area contributed by atoms with E-state index in [0.29, 0.717) is 6.42 Å². The number of carbonyl (C=O) groups is 3. The zero-order chi connectivity index (χ0) is 17.3. The van der Waals surface area contributed by atoms with E-state index in [1.54, 1.807) is 36.4 Å². The van der Waals surface area contributed by atoms with Gasteiger partial charge in [0, 0.05) is 5.92 Å². The molecule has 4 N–H and O–H groups in total. The Morgan fingerprint density at radius 1 is 1.12 bits per heavy atom. The minimum atomic E-state index is -1.78. The number of fused-ring (bicyclic) bond motifs is 2. The maximum Gasteiger partial charge on any atom is 0.509 e. The molecule has 4 unspecified atom stereocenters. The van der Waals surface area contributed by atoms with Gasteiger partial charge in [0.25, 0.3) is 5.91 Å². The van der Waals surface area contributed by atoms with Crippen molar-refractivity contribution in [1.29, 1.82) is 0 Å². The molecule has 2 bridgehead atoms. The lowest BCUT2D eigenvalue weighted by atomic mass is 9.77. The van der Waals surface area contributed by atoms with Gasteiger partial charge >= 0.3 is 6.16 Å². The fraction of sp³-hybridized carbons (Fsp3) is 0.353. The van der Waals surface area contributed by atoms with Crippen LogP contribution in [0.2, 0.25) is 0 Å². The van der Waals surface area contributed by atoms with Crippen LogP contribution in [-0.4, -0.2) is 23.6 Å². The molecule has 0 aliphatic heterocycles. The van der Waals surface area contributed by atoms with Crippen LogP contribution < -0.4 is 11.5 Å². The molecule has 2 amide bonds. The first-order valence-corrected chi connectivity index (χ1v) is 7.62. The number of amides is 2.